The molecule has 0 bridgehead atoms. The Morgan fingerprint density at radius 1 is 1.33 bits per heavy atom. The lowest BCUT2D eigenvalue weighted by Crippen LogP contribution is -2.20. The van der Waals surface area contributed by atoms with Gasteiger partial charge in [-0.25, -0.2) is 4.79 Å². The fraction of sp³-hybridized carbons (Fsp3) is 0.250. The molecule has 0 saturated carbocycles. The zero-order valence-electron chi connectivity index (χ0n) is 9.80. The summed E-state index contributed by atoms with van der Waals surface area (Å²) in [6, 6.07) is 9.44. The Bertz CT molecular complexity index is 560. The number of imidazole rings is 1. The van der Waals surface area contributed by atoms with Crippen LogP contribution in [0, 0.1) is 0 Å². The highest BCUT2D eigenvalue weighted by Crippen LogP contribution is 2.21. The number of benzene rings is 1. The first-order valence-corrected chi connectivity index (χ1v) is 5.61. The predicted molar refractivity (Wildman–Crippen MR) is 66.8 cm³/mol. The molecular formula is C12H15N3O3. The Balaban J connectivity index is 2.29. The van der Waals surface area contributed by atoms with Crippen LogP contribution >= 0.6 is 0 Å². The summed E-state index contributed by atoms with van der Waals surface area (Å²) in [4.78, 5) is 14.0. The number of H-pyrrole nitrogens is 1. The quantitative estimate of drug-likeness (QED) is 0.709. The first-order valence-electron chi connectivity index (χ1n) is 5.61. The van der Waals surface area contributed by atoms with Gasteiger partial charge in [0.05, 0.1) is 6.54 Å². The molecular weight excluding hydrogens is 234 g/mol. The van der Waals surface area contributed by atoms with Crippen molar-refractivity contribution in [3.05, 3.63) is 46.4 Å². The van der Waals surface area contributed by atoms with Gasteiger partial charge in [0.25, 0.3) is 11.8 Å². The van der Waals surface area contributed by atoms with E-state index in [0.717, 1.165) is 5.56 Å². The van der Waals surface area contributed by atoms with Crippen LogP contribution in [0.5, 0.6) is 11.8 Å². The Morgan fingerprint density at radius 3 is 2.72 bits per heavy atom. The van der Waals surface area contributed by atoms with E-state index in [1.807, 2.05) is 30.3 Å². The molecule has 0 aliphatic carbocycles. The standard InChI is InChI=1S/C12H15N3O3/c13-6-7-18-11-10(16)14-12(17)15(11)8-9-4-2-1-3-5-9/h1-5,16H,6-8,13H2,(H,14,17). The third-order valence-corrected chi connectivity index (χ3v) is 2.46. The average molecular weight is 249 g/mol. The van der Waals surface area contributed by atoms with E-state index in [4.69, 9.17) is 10.5 Å². The summed E-state index contributed by atoms with van der Waals surface area (Å²) in [5.41, 5.74) is 5.86. The van der Waals surface area contributed by atoms with Crippen molar-refractivity contribution in [3.8, 4) is 11.8 Å². The molecule has 0 aliphatic rings. The van der Waals surface area contributed by atoms with Gasteiger partial charge in [-0.2, -0.15) is 0 Å². The summed E-state index contributed by atoms with van der Waals surface area (Å²) < 4.78 is 6.60. The number of hydrogen-bond acceptors (Lipinski definition) is 4. The molecule has 2 rings (SSSR count). The van der Waals surface area contributed by atoms with Crippen LogP contribution in [-0.2, 0) is 6.54 Å². The maximum atomic E-state index is 11.7. The zero-order chi connectivity index (χ0) is 13.0. The lowest BCUT2D eigenvalue weighted by molar-refractivity contribution is 0.282. The summed E-state index contributed by atoms with van der Waals surface area (Å²) in [5, 5.41) is 9.57. The summed E-state index contributed by atoms with van der Waals surface area (Å²) in [6.45, 7) is 0.875. The van der Waals surface area contributed by atoms with Crippen LogP contribution in [-0.4, -0.2) is 27.8 Å². The number of nitrogens with zero attached hydrogens (tertiary/aromatic N) is 1. The Kier molecular flexibility index (Phi) is 3.69. The molecule has 96 valence electrons. The van der Waals surface area contributed by atoms with Crippen LogP contribution < -0.4 is 16.2 Å². The minimum absolute atomic E-state index is 0.120. The smallest absolute Gasteiger partial charge is 0.331 e. The highest BCUT2D eigenvalue weighted by molar-refractivity contribution is 5.27. The van der Waals surface area contributed by atoms with Gasteiger partial charge in [0, 0.05) is 6.54 Å². The van der Waals surface area contributed by atoms with E-state index < -0.39 is 5.69 Å². The summed E-state index contributed by atoms with van der Waals surface area (Å²) in [7, 11) is 0. The molecule has 6 nitrogen and oxygen atoms in total. The lowest BCUT2D eigenvalue weighted by atomic mass is 10.2. The molecule has 1 heterocycles. The maximum absolute atomic E-state index is 11.7. The van der Waals surface area contributed by atoms with Gasteiger partial charge in [0.15, 0.2) is 0 Å². The van der Waals surface area contributed by atoms with Crippen LogP contribution in [0.25, 0.3) is 0 Å². The van der Waals surface area contributed by atoms with Gasteiger partial charge in [0.2, 0.25) is 0 Å². The van der Waals surface area contributed by atoms with Crippen molar-refractivity contribution in [1.29, 1.82) is 0 Å². The molecule has 6 heteroatoms. The van der Waals surface area contributed by atoms with Gasteiger partial charge >= 0.3 is 5.69 Å². The SMILES string of the molecule is NCCOc1c(O)[nH]c(=O)n1Cc1ccccc1. The molecule has 0 atom stereocenters. The Morgan fingerprint density at radius 2 is 2.06 bits per heavy atom. The first kappa shape index (κ1) is 12.3. The monoisotopic (exact) mass is 249 g/mol. The molecule has 1 aromatic heterocycles. The Hall–Kier alpha value is -2.21. The second kappa shape index (κ2) is 5.42. The lowest BCUT2D eigenvalue weighted by Gasteiger charge is -2.08. The molecule has 18 heavy (non-hydrogen) atoms. The van der Waals surface area contributed by atoms with E-state index in [-0.39, 0.29) is 18.4 Å². The molecule has 2 aromatic rings. The van der Waals surface area contributed by atoms with E-state index >= 15 is 0 Å². The summed E-state index contributed by atoms with van der Waals surface area (Å²) >= 11 is 0. The van der Waals surface area contributed by atoms with Crippen LogP contribution in [0.1, 0.15) is 5.56 Å². The number of aromatic hydroxyl groups is 1. The number of ether oxygens (including phenoxy) is 1. The van der Waals surface area contributed by atoms with E-state index in [2.05, 4.69) is 4.98 Å². The van der Waals surface area contributed by atoms with Crippen molar-refractivity contribution in [2.45, 2.75) is 6.54 Å². The molecule has 4 N–H and O–H groups in total. The topological polar surface area (TPSA) is 93.3 Å². The van der Waals surface area contributed by atoms with E-state index in [0.29, 0.717) is 13.1 Å². The van der Waals surface area contributed by atoms with Crippen molar-refractivity contribution in [1.82, 2.24) is 9.55 Å². The van der Waals surface area contributed by atoms with Gasteiger partial charge in [-0.1, -0.05) is 30.3 Å². The van der Waals surface area contributed by atoms with Gasteiger partial charge in [0.1, 0.15) is 6.61 Å². The molecule has 0 fully saturated rings. The molecule has 0 unspecified atom stereocenters. The van der Waals surface area contributed by atoms with Crippen LogP contribution in [0.4, 0.5) is 0 Å². The van der Waals surface area contributed by atoms with Crippen molar-refractivity contribution < 1.29 is 9.84 Å². The number of aromatic nitrogens is 2. The van der Waals surface area contributed by atoms with Gasteiger partial charge < -0.3 is 15.6 Å². The number of nitrogens with two attached hydrogens (primary N) is 1. The first-order chi connectivity index (χ1) is 8.72. The van der Waals surface area contributed by atoms with Crippen LogP contribution in [0.3, 0.4) is 0 Å². The minimum Gasteiger partial charge on any atom is -0.491 e. The van der Waals surface area contributed by atoms with Crippen molar-refractivity contribution in [3.63, 3.8) is 0 Å². The fourth-order valence-electron chi connectivity index (χ4n) is 1.65. The second-order valence-electron chi connectivity index (χ2n) is 3.79. The zero-order valence-corrected chi connectivity index (χ0v) is 9.80. The maximum Gasteiger partial charge on any atom is 0.331 e. The Labute approximate surface area is 104 Å². The molecule has 0 amide bonds. The van der Waals surface area contributed by atoms with Crippen LogP contribution in [0.2, 0.25) is 0 Å². The highest BCUT2D eigenvalue weighted by Gasteiger charge is 2.14. The largest absolute Gasteiger partial charge is 0.491 e. The third kappa shape index (κ3) is 2.54. The number of aromatic amines is 1. The average Bonchev–Trinajstić information content (AvgIpc) is 2.63. The van der Waals surface area contributed by atoms with E-state index in [1.165, 1.54) is 4.57 Å². The number of nitrogens with one attached hydrogen (secondary N) is 1. The molecule has 0 spiro atoms. The van der Waals surface area contributed by atoms with Crippen molar-refractivity contribution in [2.24, 2.45) is 5.73 Å². The van der Waals surface area contributed by atoms with Crippen LogP contribution in [0.15, 0.2) is 35.1 Å². The highest BCUT2D eigenvalue weighted by atomic mass is 16.5. The molecule has 0 radical (unpaired) electrons. The van der Waals surface area contributed by atoms with Crippen molar-refractivity contribution in [2.75, 3.05) is 13.2 Å². The van der Waals surface area contributed by atoms with Gasteiger partial charge in [-0.3, -0.25) is 9.55 Å². The second-order valence-corrected chi connectivity index (χ2v) is 3.79. The van der Waals surface area contributed by atoms with E-state index in [9.17, 15) is 9.90 Å². The van der Waals surface area contributed by atoms with Crippen molar-refractivity contribution >= 4 is 0 Å². The summed E-state index contributed by atoms with van der Waals surface area (Å²) in [5.74, 6) is -0.154. The normalized spacial score (nSPS) is 10.5. The fourth-order valence-corrected chi connectivity index (χ4v) is 1.65. The molecule has 0 aliphatic heterocycles. The molecule has 0 saturated heterocycles. The van der Waals surface area contributed by atoms with Gasteiger partial charge in [-0.15, -0.1) is 0 Å². The predicted octanol–water partition coefficient (Wildman–Crippen LogP) is 0.268. The molecule has 1 aromatic carbocycles. The summed E-state index contributed by atoms with van der Waals surface area (Å²) in [6.07, 6.45) is 0. The van der Waals surface area contributed by atoms with E-state index in [1.54, 1.807) is 0 Å². The number of rotatable bonds is 5. The third-order valence-electron chi connectivity index (χ3n) is 2.46. The number of hydrogen-bond donors (Lipinski definition) is 3. The minimum atomic E-state index is -0.414. The van der Waals surface area contributed by atoms with Gasteiger partial charge in [-0.05, 0) is 5.56 Å².